The minimum absolute atomic E-state index is 0.142. The van der Waals surface area contributed by atoms with Gasteiger partial charge in [0.25, 0.3) is 0 Å². The molecule has 540 valence electrons. The first-order valence-electron chi connectivity index (χ1n) is 38.6. The lowest BCUT2D eigenvalue weighted by molar-refractivity contribution is -0.870. The van der Waals surface area contributed by atoms with E-state index in [9.17, 15) is 19.5 Å². The van der Waals surface area contributed by atoms with Gasteiger partial charge in [0.05, 0.1) is 40.3 Å². The first-order valence-corrected chi connectivity index (χ1v) is 38.6. The number of carboxylic acids is 1. The highest BCUT2D eigenvalue weighted by Gasteiger charge is 2.22. The Labute approximate surface area is 584 Å². The Balaban J connectivity index is 4.09. The topological polar surface area (TPSA) is 111 Å². The molecule has 0 aliphatic heterocycles. The molecule has 0 heterocycles. The first-order chi connectivity index (χ1) is 46.6. The molecule has 0 radical (unpaired) electrons. The molecule has 9 nitrogen and oxygen atoms in total. The van der Waals surface area contributed by atoms with Crippen LogP contribution in [-0.2, 0) is 33.3 Å². The van der Waals surface area contributed by atoms with Crippen molar-refractivity contribution in [3.05, 3.63) is 158 Å². The van der Waals surface area contributed by atoms with Crippen molar-refractivity contribution in [2.24, 2.45) is 0 Å². The number of hydrogen-bond donors (Lipinski definition) is 0. The molecule has 9 heteroatoms. The number of quaternary nitrogens is 1. The average Bonchev–Trinajstić information content (AvgIpc) is 3.58. The Morgan fingerprint density at radius 2 is 0.568 bits per heavy atom. The van der Waals surface area contributed by atoms with Gasteiger partial charge in [-0.25, -0.2) is 0 Å². The summed E-state index contributed by atoms with van der Waals surface area (Å²) in [4.78, 5) is 37.6. The van der Waals surface area contributed by atoms with Gasteiger partial charge in [-0.3, -0.25) is 9.59 Å². The number of aliphatic carboxylic acids is 1. The molecule has 0 spiro atoms. The summed E-state index contributed by atoms with van der Waals surface area (Å²) < 4.78 is 22.9. The Kier molecular flexibility index (Phi) is 70.7. The molecule has 0 aromatic heterocycles. The summed E-state index contributed by atoms with van der Waals surface area (Å²) in [6.07, 6.45) is 108. The number of nitrogens with zero attached hydrogens (tertiary/aromatic N) is 1. The van der Waals surface area contributed by atoms with Gasteiger partial charge in [0.2, 0.25) is 0 Å². The smallest absolute Gasteiger partial charge is 0.306 e. The molecule has 0 aliphatic rings. The van der Waals surface area contributed by atoms with E-state index in [0.717, 1.165) is 122 Å². The van der Waals surface area contributed by atoms with Gasteiger partial charge >= 0.3 is 11.9 Å². The second-order valence-electron chi connectivity index (χ2n) is 26.5. The van der Waals surface area contributed by atoms with Crippen LogP contribution in [0.4, 0.5) is 0 Å². The molecule has 95 heavy (non-hydrogen) atoms. The Morgan fingerprint density at radius 1 is 0.316 bits per heavy atom. The fourth-order valence-electron chi connectivity index (χ4n) is 10.5. The van der Waals surface area contributed by atoms with Crippen molar-refractivity contribution in [2.75, 3.05) is 47.5 Å². The van der Waals surface area contributed by atoms with Crippen LogP contribution < -0.4 is 5.11 Å². The van der Waals surface area contributed by atoms with Crippen LogP contribution in [0.1, 0.15) is 309 Å². The molecule has 0 aliphatic carbocycles. The maximum Gasteiger partial charge on any atom is 0.306 e. The number of rotatable bonds is 70. The second-order valence-corrected chi connectivity index (χ2v) is 26.5. The lowest BCUT2D eigenvalue weighted by Gasteiger charge is -2.26. The van der Waals surface area contributed by atoms with E-state index in [1.807, 2.05) is 21.1 Å². The largest absolute Gasteiger partial charge is 0.545 e. The zero-order valence-corrected chi connectivity index (χ0v) is 61.7. The number of ether oxygens (including phenoxy) is 4. The quantitative estimate of drug-likeness (QED) is 0.0195. The van der Waals surface area contributed by atoms with Crippen molar-refractivity contribution in [1.82, 2.24) is 0 Å². The first kappa shape index (κ1) is 89.9. The number of carbonyl (C=O) groups is 3. The molecule has 0 aromatic carbocycles. The van der Waals surface area contributed by atoms with Crippen LogP contribution in [0.3, 0.4) is 0 Å². The predicted molar refractivity (Wildman–Crippen MR) is 407 cm³/mol. The van der Waals surface area contributed by atoms with Crippen LogP contribution in [-0.4, -0.2) is 82.3 Å². The molecule has 2 atom stereocenters. The molecule has 2 unspecified atom stereocenters. The van der Waals surface area contributed by atoms with E-state index in [4.69, 9.17) is 18.9 Å². The van der Waals surface area contributed by atoms with Crippen molar-refractivity contribution in [1.29, 1.82) is 0 Å². The minimum atomic E-state index is -1.63. The summed E-state index contributed by atoms with van der Waals surface area (Å²) >= 11 is 0. The van der Waals surface area contributed by atoms with Crippen LogP contribution in [0.5, 0.6) is 0 Å². The summed E-state index contributed by atoms with van der Waals surface area (Å²) in [5, 5.41) is 11.9. The van der Waals surface area contributed by atoms with Gasteiger partial charge in [-0.2, -0.15) is 0 Å². The summed E-state index contributed by atoms with van der Waals surface area (Å²) in [5.74, 6) is -2.28. The number of likely N-dealkylation sites (N-methyl/N-ethyl adjacent to an activating group) is 1. The van der Waals surface area contributed by atoms with Crippen LogP contribution in [0, 0.1) is 0 Å². The number of unbranched alkanes of at least 4 members (excludes halogenated alkanes) is 29. The van der Waals surface area contributed by atoms with Gasteiger partial charge in [-0.15, -0.1) is 0 Å². The van der Waals surface area contributed by atoms with Crippen molar-refractivity contribution in [3.63, 3.8) is 0 Å². The van der Waals surface area contributed by atoms with E-state index in [-0.39, 0.29) is 38.6 Å². The highest BCUT2D eigenvalue weighted by Crippen LogP contribution is 2.17. The lowest BCUT2D eigenvalue weighted by Crippen LogP contribution is -2.44. The zero-order chi connectivity index (χ0) is 69.0. The van der Waals surface area contributed by atoms with Gasteiger partial charge in [0.15, 0.2) is 12.4 Å². The fourth-order valence-corrected chi connectivity index (χ4v) is 10.5. The molecule has 0 rings (SSSR count). The van der Waals surface area contributed by atoms with Crippen molar-refractivity contribution < 1.29 is 42.9 Å². The summed E-state index contributed by atoms with van der Waals surface area (Å²) in [7, 11) is 5.93. The van der Waals surface area contributed by atoms with E-state index in [2.05, 4.69) is 172 Å². The number of carbonyl (C=O) groups excluding carboxylic acids is 3. The van der Waals surface area contributed by atoms with E-state index in [1.165, 1.54) is 154 Å². The highest BCUT2D eigenvalue weighted by atomic mass is 16.7. The highest BCUT2D eigenvalue weighted by molar-refractivity contribution is 5.70. The molecule has 0 saturated carbocycles. The maximum absolute atomic E-state index is 13.0. The van der Waals surface area contributed by atoms with Gasteiger partial charge in [0.1, 0.15) is 13.2 Å². The SMILES string of the molecule is CC/C=C\C/C=C\C/C=C\C/C=C\C/C=C\C/C=C\C/C=C\CCCCCCCCCCCCCCCC(=O)OC(COC(=O)CCCCCCCCCCCCCCCCCC/C=C\C/C=C\C/C=C\C/C=C\C/C=C\C/C=C\CC)COC(OCC[N+](C)(C)C)C(=O)[O-]. The molecule has 0 aromatic rings. The second kappa shape index (κ2) is 74.7. The zero-order valence-electron chi connectivity index (χ0n) is 61.7. The Hall–Kier alpha value is -5.09. The summed E-state index contributed by atoms with van der Waals surface area (Å²) in [5.41, 5.74) is 0. The van der Waals surface area contributed by atoms with Crippen LogP contribution in [0.2, 0.25) is 0 Å². The molecule has 0 bridgehead atoms. The van der Waals surface area contributed by atoms with E-state index >= 15 is 0 Å². The average molecular weight is 1320 g/mol. The Bertz CT molecular complexity index is 2130. The van der Waals surface area contributed by atoms with Crippen molar-refractivity contribution in [2.45, 2.75) is 322 Å². The van der Waals surface area contributed by atoms with Crippen molar-refractivity contribution in [3.8, 4) is 0 Å². The number of hydrogen-bond acceptors (Lipinski definition) is 8. The van der Waals surface area contributed by atoms with Gasteiger partial charge in [-0.05, 0) is 122 Å². The molecule has 0 N–H and O–H groups in total. The van der Waals surface area contributed by atoms with E-state index in [0.29, 0.717) is 17.4 Å². The maximum atomic E-state index is 13.0. The number of carboxylic acid groups (broad SMARTS) is 1. The normalized spacial score (nSPS) is 13.6. The van der Waals surface area contributed by atoms with Crippen molar-refractivity contribution >= 4 is 17.9 Å². The molecule has 0 saturated heterocycles. The third-order valence-electron chi connectivity index (χ3n) is 16.3. The number of esters is 2. The standard InChI is InChI=1S/C86H143NO8/c1-6-8-10-12-14-16-18-20-22-24-26-28-30-32-34-36-38-40-42-44-46-48-50-52-54-56-58-60-62-64-66-68-70-72-74-76-83(88)93-80-82(81-94-86(85(90)91)92-79-78-87(3,4)5)95-84(89)77-75-73-71-69-67-65-63-61-59-57-55-53-51-49-47-45-43-41-39-37-35-33-31-29-27-25-23-21-19-17-15-13-11-9-7-2/h8-11,14-17,20-23,26-29,32-35,38-41,45,47,82,86H,6-7,12-13,18-19,24-25,30-31,36-37,42-44,46,48-81H2,1-5H3/b10-8-,11-9-,16-14-,17-15-,22-20-,23-21-,28-26-,29-27-,34-32-,35-33-,40-38-,41-39-,47-45-. The summed E-state index contributed by atoms with van der Waals surface area (Å²) in [6, 6.07) is 0. The van der Waals surface area contributed by atoms with Crippen LogP contribution in [0.25, 0.3) is 0 Å². The van der Waals surface area contributed by atoms with E-state index in [1.54, 1.807) is 0 Å². The van der Waals surface area contributed by atoms with Gasteiger partial charge < -0.3 is 33.3 Å². The third kappa shape index (κ3) is 76.1. The molecular weight excluding hydrogens is 1170 g/mol. The molecule has 0 amide bonds. The monoisotopic (exact) mass is 1320 g/mol. The lowest BCUT2D eigenvalue weighted by atomic mass is 10.0. The fraction of sp³-hybridized carbons (Fsp3) is 0.663. The van der Waals surface area contributed by atoms with Gasteiger partial charge in [-0.1, -0.05) is 332 Å². The number of allylic oxidation sites excluding steroid dienone is 26. The Morgan fingerprint density at radius 3 is 0.842 bits per heavy atom. The molecular formula is C86H143NO8. The summed E-state index contributed by atoms with van der Waals surface area (Å²) in [6.45, 7) is 4.53. The third-order valence-corrected chi connectivity index (χ3v) is 16.3. The predicted octanol–water partition coefficient (Wildman–Crippen LogP) is 23.5. The minimum Gasteiger partial charge on any atom is -0.545 e. The van der Waals surface area contributed by atoms with Gasteiger partial charge in [0, 0.05) is 12.8 Å². The van der Waals surface area contributed by atoms with Crippen LogP contribution in [0.15, 0.2) is 158 Å². The molecule has 0 fully saturated rings. The van der Waals surface area contributed by atoms with Crippen LogP contribution >= 0.6 is 0 Å². The van der Waals surface area contributed by atoms with E-state index < -0.39 is 24.3 Å².